The normalized spacial score (nSPS) is 18.1. The second-order valence-corrected chi connectivity index (χ2v) is 9.15. The molecule has 2 saturated heterocycles. The van der Waals surface area contributed by atoms with Crippen LogP contribution in [0.5, 0.6) is 0 Å². The highest BCUT2D eigenvalue weighted by atomic mass is 35.5. The van der Waals surface area contributed by atoms with Gasteiger partial charge in [0, 0.05) is 49.9 Å². The molecule has 0 saturated carbocycles. The Kier molecular flexibility index (Phi) is 7.28. The fourth-order valence-corrected chi connectivity index (χ4v) is 4.86. The summed E-state index contributed by atoms with van der Waals surface area (Å²) < 4.78 is 1.12. The van der Waals surface area contributed by atoms with Crippen molar-refractivity contribution in [3.8, 4) is 0 Å². The molecule has 7 nitrogen and oxygen atoms in total. The SMILES string of the molecule is O=C(c1ccccc1)C(C(=O)N1CCC(C(=O)N2CCCCC2)CC1)n1cc(Cl)ccc1=O. The van der Waals surface area contributed by atoms with Gasteiger partial charge in [-0.05, 0) is 38.2 Å². The molecule has 0 spiro atoms. The average molecular weight is 470 g/mol. The number of likely N-dealkylation sites (tertiary alicyclic amines) is 2. The summed E-state index contributed by atoms with van der Waals surface area (Å²) in [5.74, 6) is -0.845. The summed E-state index contributed by atoms with van der Waals surface area (Å²) >= 11 is 6.09. The van der Waals surface area contributed by atoms with Gasteiger partial charge in [0.15, 0.2) is 11.8 Å². The van der Waals surface area contributed by atoms with Crippen LogP contribution < -0.4 is 5.56 Å². The minimum Gasteiger partial charge on any atom is -0.342 e. The molecule has 2 fully saturated rings. The monoisotopic (exact) mass is 469 g/mol. The van der Waals surface area contributed by atoms with Crippen LogP contribution in [0.2, 0.25) is 5.02 Å². The minimum absolute atomic E-state index is 0.107. The van der Waals surface area contributed by atoms with Crippen LogP contribution in [0.25, 0.3) is 0 Å². The second-order valence-electron chi connectivity index (χ2n) is 8.71. The minimum atomic E-state index is -1.34. The molecule has 1 atom stereocenters. The lowest BCUT2D eigenvalue weighted by molar-refractivity contribution is -0.142. The molecule has 1 aromatic carbocycles. The highest BCUT2D eigenvalue weighted by molar-refractivity contribution is 6.30. The first-order valence-corrected chi connectivity index (χ1v) is 11.9. The van der Waals surface area contributed by atoms with Gasteiger partial charge in [0.25, 0.3) is 11.5 Å². The quantitative estimate of drug-likeness (QED) is 0.497. The van der Waals surface area contributed by atoms with Crippen molar-refractivity contribution in [2.75, 3.05) is 26.2 Å². The van der Waals surface area contributed by atoms with Crippen LogP contribution in [0.3, 0.4) is 0 Å². The lowest BCUT2D eigenvalue weighted by atomic mass is 9.93. The van der Waals surface area contributed by atoms with E-state index in [4.69, 9.17) is 11.6 Å². The van der Waals surface area contributed by atoms with E-state index in [0.717, 1.165) is 36.9 Å². The zero-order valence-electron chi connectivity index (χ0n) is 18.5. The number of nitrogens with zero attached hydrogens (tertiary/aromatic N) is 3. The van der Waals surface area contributed by atoms with E-state index in [1.54, 1.807) is 35.2 Å². The molecule has 3 heterocycles. The van der Waals surface area contributed by atoms with Crippen LogP contribution in [0.15, 0.2) is 53.5 Å². The van der Waals surface area contributed by atoms with E-state index in [1.165, 1.54) is 18.3 Å². The first-order chi connectivity index (χ1) is 16.0. The third-order valence-electron chi connectivity index (χ3n) is 6.54. The fourth-order valence-electron chi connectivity index (χ4n) is 4.69. The molecule has 0 radical (unpaired) electrons. The molecule has 2 aliphatic heterocycles. The van der Waals surface area contributed by atoms with E-state index in [1.807, 2.05) is 4.90 Å². The van der Waals surface area contributed by atoms with E-state index in [0.29, 0.717) is 31.5 Å². The van der Waals surface area contributed by atoms with Gasteiger partial charge < -0.3 is 9.80 Å². The Hall–Kier alpha value is -2.93. The Morgan fingerprint density at radius 3 is 2.18 bits per heavy atom. The summed E-state index contributed by atoms with van der Waals surface area (Å²) in [6, 6.07) is 9.82. The number of ketones is 1. The van der Waals surface area contributed by atoms with E-state index in [9.17, 15) is 19.2 Å². The van der Waals surface area contributed by atoms with Gasteiger partial charge in [-0.3, -0.25) is 23.7 Å². The predicted octanol–water partition coefficient (Wildman–Crippen LogP) is 3.18. The van der Waals surface area contributed by atoms with E-state index in [2.05, 4.69) is 0 Å². The molecule has 2 amide bonds. The first kappa shape index (κ1) is 23.2. The van der Waals surface area contributed by atoms with Crippen LogP contribution in [0, 0.1) is 5.92 Å². The van der Waals surface area contributed by atoms with Crippen LogP contribution in [0.4, 0.5) is 0 Å². The number of halogens is 1. The summed E-state index contributed by atoms with van der Waals surface area (Å²) in [6.45, 7) is 2.36. The Bertz CT molecular complexity index is 1070. The van der Waals surface area contributed by atoms with Gasteiger partial charge in [-0.15, -0.1) is 0 Å². The van der Waals surface area contributed by atoms with Crippen LogP contribution in [0.1, 0.15) is 48.5 Å². The number of pyridine rings is 1. The number of rotatable bonds is 5. The highest BCUT2D eigenvalue weighted by Gasteiger charge is 2.37. The Morgan fingerprint density at radius 1 is 0.848 bits per heavy atom. The number of Topliss-reactive ketones (excluding diaryl/α,β-unsaturated/α-hetero) is 1. The van der Waals surface area contributed by atoms with Crippen molar-refractivity contribution in [1.29, 1.82) is 0 Å². The molecular weight excluding hydrogens is 442 g/mol. The molecule has 8 heteroatoms. The lowest BCUT2D eigenvalue weighted by Gasteiger charge is -2.36. The van der Waals surface area contributed by atoms with Gasteiger partial charge in [0.05, 0.1) is 5.02 Å². The van der Waals surface area contributed by atoms with E-state index in [-0.39, 0.29) is 16.8 Å². The van der Waals surface area contributed by atoms with Crippen LogP contribution in [-0.2, 0) is 9.59 Å². The molecule has 4 rings (SSSR count). The lowest BCUT2D eigenvalue weighted by Crippen LogP contribution is -2.49. The molecule has 1 unspecified atom stereocenters. The highest BCUT2D eigenvalue weighted by Crippen LogP contribution is 2.25. The maximum Gasteiger partial charge on any atom is 0.253 e. The van der Waals surface area contributed by atoms with Crippen LogP contribution in [-0.4, -0.2) is 58.1 Å². The van der Waals surface area contributed by atoms with Gasteiger partial charge in [0.1, 0.15) is 0 Å². The van der Waals surface area contributed by atoms with Crippen molar-refractivity contribution in [3.63, 3.8) is 0 Å². The summed E-state index contributed by atoms with van der Waals surface area (Å²) in [7, 11) is 0. The molecule has 2 aliphatic rings. The van der Waals surface area contributed by atoms with Crippen molar-refractivity contribution in [2.45, 2.75) is 38.1 Å². The number of carbonyl (C=O) groups excluding carboxylic acids is 3. The van der Waals surface area contributed by atoms with Crippen LogP contribution >= 0.6 is 11.6 Å². The van der Waals surface area contributed by atoms with Crippen molar-refractivity contribution >= 4 is 29.2 Å². The second kappa shape index (κ2) is 10.3. The summed E-state index contributed by atoms with van der Waals surface area (Å²) in [4.78, 5) is 55.9. The van der Waals surface area contributed by atoms with Gasteiger partial charge in [-0.2, -0.15) is 0 Å². The number of amides is 2. The number of hydrogen-bond donors (Lipinski definition) is 0. The van der Waals surface area contributed by atoms with Gasteiger partial charge in [0.2, 0.25) is 5.91 Å². The van der Waals surface area contributed by atoms with Gasteiger partial charge in [-0.25, -0.2) is 0 Å². The summed E-state index contributed by atoms with van der Waals surface area (Å²) in [5.41, 5.74) is -0.130. The van der Waals surface area contributed by atoms with Crippen molar-refractivity contribution in [2.24, 2.45) is 5.92 Å². The van der Waals surface area contributed by atoms with E-state index >= 15 is 0 Å². The molecule has 0 bridgehead atoms. The summed E-state index contributed by atoms with van der Waals surface area (Å²) in [5, 5.41) is 0.263. The van der Waals surface area contributed by atoms with Crippen molar-refractivity contribution in [3.05, 3.63) is 69.6 Å². The molecular formula is C25H28ClN3O4. The number of piperidine rings is 2. The molecule has 1 aromatic heterocycles. The number of aromatic nitrogens is 1. The number of carbonyl (C=O) groups is 3. The summed E-state index contributed by atoms with van der Waals surface area (Å²) in [6.07, 6.45) is 5.69. The number of hydrogen-bond acceptors (Lipinski definition) is 4. The fraction of sp³-hybridized carbons (Fsp3) is 0.440. The molecule has 174 valence electrons. The largest absolute Gasteiger partial charge is 0.342 e. The zero-order valence-corrected chi connectivity index (χ0v) is 19.2. The third-order valence-corrected chi connectivity index (χ3v) is 6.77. The van der Waals surface area contributed by atoms with Gasteiger partial charge >= 0.3 is 0 Å². The molecule has 0 aliphatic carbocycles. The van der Waals surface area contributed by atoms with Gasteiger partial charge in [-0.1, -0.05) is 41.9 Å². The van der Waals surface area contributed by atoms with E-state index < -0.39 is 23.3 Å². The maximum absolute atomic E-state index is 13.6. The Labute approximate surface area is 197 Å². The third kappa shape index (κ3) is 5.19. The van der Waals surface area contributed by atoms with Crippen molar-refractivity contribution in [1.82, 2.24) is 14.4 Å². The molecule has 33 heavy (non-hydrogen) atoms. The average Bonchev–Trinajstić information content (AvgIpc) is 2.87. The zero-order chi connectivity index (χ0) is 23.4. The Balaban J connectivity index is 1.53. The predicted molar refractivity (Wildman–Crippen MR) is 125 cm³/mol. The molecule has 2 aromatic rings. The first-order valence-electron chi connectivity index (χ1n) is 11.5. The maximum atomic E-state index is 13.6. The standard InChI is InChI=1S/C25H28ClN3O4/c26-20-9-10-21(30)29(17-20)22(23(31)18-7-3-1-4-8-18)25(33)28-15-11-19(12-16-28)24(32)27-13-5-2-6-14-27/h1,3-4,7-10,17,19,22H,2,5-6,11-16H2. The smallest absolute Gasteiger partial charge is 0.253 e. The number of benzene rings is 1. The van der Waals surface area contributed by atoms with Crippen molar-refractivity contribution < 1.29 is 14.4 Å². The molecule has 0 N–H and O–H groups in total. The topological polar surface area (TPSA) is 79.7 Å². The Morgan fingerprint density at radius 2 is 1.52 bits per heavy atom.